The van der Waals surface area contributed by atoms with Crippen LogP contribution in [0.25, 0.3) is 0 Å². The molecule has 0 unspecified atom stereocenters. The molecular weight excluding hydrogens is 342 g/mol. The fraction of sp³-hybridized carbons (Fsp3) is 0.667. The topological polar surface area (TPSA) is 62.8 Å². The molecule has 0 aromatic heterocycles. The lowest BCUT2D eigenvalue weighted by atomic mass is 9.99. The highest BCUT2D eigenvalue weighted by molar-refractivity contribution is 5.73. The maximum atomic E-state index is 12.0. The number of nitrogens with one attached hydrogen (secondary N) is 2. The maximum absolute atomic E-state index is 12.0. The summed E-state index contributed by atoms with van der Waals surface area (Å²) in [5, 5.41) is 5.82. The Hall–Kier alpha value is -1.95. The number of carbonyl (C=O) groups is 1. The van der Waals surface area contributed by atoms with Crippen molar-refractivity contribution in [2.45, 2.75) is 46.1 Å². The molecule has 2 N–H and O–H groups in total. The molecule has 1 aromatic rings. The van der Waals surface area contributed by atoms with Crippen LogP contribution in [0.3, 0.4) is 0 Å². The normalized spacial score (nSPS) is 15.4. The first-order chi connectivity index (χ1) is 13.1. The average Bonchev–Trinajstić information content (AvgIpc) is 2.68. The van der Waals surface area contributed by atoms with Crippen LogP contribution < -0.4 is 20.1 Å². The number of ether oxygens (including phenoxy) is 2. The van der Waals surface area contributed by atoms with E-state index in [-0.39, 0.29) is 6.03 Å². The van der Waals surface area contributed by atoms with Crippen molar-refractivity contribution in [2.24, 2.45) is 5.92 Å². The lowest BCUT2D eigenvalue weighted by Gasteiger charge is -2.30. The molecule has 0 radical (unpaired) electrons. The van der Waals surface area contributed by atoms with Crippen LogP contribution in [-0.2, 0) is 6.54 Å². The van der Waals surface area contributed by atoms with Gasteiger partial charge >= 0.3 is 6.03 Å². The maximum Gasteiger partial charge on any atom is 0.315 e. The summed E-state index contributed by atoms with van der Waals surface area (Å²) in [5.74, 6) is 2.28. The Balaban J connectivity index is 1.59. The van der Waals surface area contributed by atoms with Crippen LogP contribution in [0.5, 0.6) is 11.5 Å². The molecule has 1 aliphatic heterocycles. The lowest BCUT2D eigenvalue weighted by Crippen LogP contribution is -2.36. The highest BCUT2D eigenvalue weighted by Gasteiger charge is 2.14. The van der Waals surface area contributed by atoms with Crippen LogP contribution in [-0.4, -0.2) is 50.8 Å². The largest absolute Gasteiger partial charge is 0.493 e. The second-order valence-electron chi connectivity index (χ2n) is 7.26. The molecule has 1 heterocycles. The minimum Gasteiger partial charge on any atom is -0.493 e. The third-order valence-corrected chi connectivity index (χ3v) is 5.04. The van der Waals surface area contributed by atoms with Gasteiger partial charge in [-0.05, 0) is 75.9 Å². The van der Waals surface area contributed by atoms with Crippen LogP contribution >= 0.6 is 0 Å². The number of methoxy groups -OCH3 is 1. The van der Waals surface area contributed by atoms with E-state index in [4.69, 9.17) is 9.47 Å². The Labute approximate surface area is 163 Å². The van der Waals surface area contributed by atoms with Crippen molar-refractivity contribution in [1.82, 2.24) is 15.5 Å². The van der Waals surface area contributed by atoms with E-state index < -0.39 is 0 Å². The number of likely N-dealkylation sites (tertiary alicyclic amines) is 1. The van der Waals surface area contributed by atoms with Crippen molar-refractivity contribution >= 4 is 6.03 Å². The molecule has 0 atom stereocenters. The molecule has 1 saturated heterocycles. The van der Waals surface area contributed by atoms with Gasteiger partial charge in [-0.15, -0.1) is 0 Å². The molecule has 0 saturated carbocycles. The highest BCUT2D eigenvalue weighted by atomic mass is 16.5. The number of nitrogens with zero attached hydrogens (tertiary/aromatic N) is 1. The third-order valence-electron chi connectivity index (χ3n) is 5.04. The fourth-order valence-corrected chi connectivity index (χ4v) is 3.29. The molecule has 0 bridgehead atoms. The SMILES string of the molecule is CCOc1ccc(CNC(=O)NCCCCN2CCC(C)CC2)cc1OC. The predicted octanol–water partition coefficient (Wildman–Crippen LogP) is 3.41. The van der Waals surface area contributed by atoms with Crippen LogP contribution in [0.1, 0.15) is 45.1 Å². The second-order valence-corrected chi connectivity index (χ2v) is 7.26. The number of amides is 2. The number of hydrogen-bond donors (Lipinski definition) is 2. The molecule has 0 spiro atoms. The summed E-state index contributed by atoms with van der Waals surface area (Å²) in [5.41, 5.74) is 0.977. The first-order valence-electron chi connectivity index (χ1n) is 10.2. The summed E-state index contributed by atoms with van der Waals surface area (Å²) in [4.78, 5) is 14.5. The zero-order chi connectivity index (χ0) is 19.5. The Kier molecular flexibility index (Phi) is 9.25. The van der Waals surface area contributed by atoms with Crippen molar-refractivity contribution in [1.29, 1.82) is 0 Å². The number of benzene rings is 1. The number of hydrogen-bond acceptors (Lipinski definition) is 4. The summed E-state index contributed by atoms with van der Waals surface area (Å²) in [6.07, 6.45) is 4.77. The van der Waals surface area contributed by atoms with Gasteiger partial charge in [-0.3, -0.25) is 0 Å². The number of carbonyl (C=O) groups excluding carboxylic acids is 1. The molecule has 152 valence electrons. The van der Waals surface area contributed by atoms with Gasteiger partial charge in [-0.25, -0.2) is 4.79 Å². The van der Waals surface area contributed by atoms with Crippen molar-refractivity contribution in [2.75, 3.05) is 39.9 Å². The minimum atomic E-state index is -0.130. The Morgan fingerprint density at radius 3 is 2.67 bits per heavy atom. The van der Waals surface area contributed by atoms with Gasteiger partial charge in [0.25, 0.3) is 0 Å². The summed E-state index contributed by atoms with van der Waals surface area (Å²) in [7, 11) is 1.62. The van der Waals surface area contributed by atoms with Crippen LogP contribution in [0.2, 0.25) is 0 Å². The Bertz CT molecular complexity index is 572. The Morgan fingerprint density at radius 1 is 1.19 bits per heavy atom. The zero-order valence-corrected chi connectivity index (χ0v) is 17.1. The van der Waals surface area contributed by atoms with Crippen molar-refractivity contribution in [3.05, 3.63) is 23.8 Å². The van der Waals surface area contributed by atoms with Crippen molar-refractivity contribution < 1.29 is 14.3 Å². The van der Waals surface area contributed by atoms with Gasteiger partial charge in [0.1, 0.15) is 0 Å². The highest BCUT2D eigenvalue weighted by Crippen LogP contribution is 2.27. The van der Waals surface area contributed by atoms with E-state index in [1.54, 1.807) is 7.11 Å². The first kappa shape index (κ1) is 21.4. The molecule has 6 nitrogen and oxygen atoms in total. The summed E-state index contributed by atoms with van der Waals surface area (Å²) in [6, 6.07) is 5.58. The van der Waals surface area contributed by atoms with E-state index in [1.165, 1.54) is 25.9 Å². The fourth-order valence-electron chi connectivity index (χ4n) is 3.29. The standard InChI is InChI=1S/C21H35N3O3/c1-4-27-19-8-7-18(15-20(19)26-3)16-23-21(25)22-11-5-6-12-24-13-9-17(2)10-14-24/h7-8,15,17H,4-6,9-14,16H2,1-3H3,(H2,22,23,25). The summed E-state index contributed by atoms with van der Waals surface area (Å²) < 4.78 is 10.8. The molecule has 1 fully saturated rings. The number of rotatable bonds is 10. The molecule has 0 aliphatic carbocycles. The van der Waals surface area contributed by atoms with E-state index in [2.05, 4.69) is 22.5 Å². The van der Waals surface area contributed by atoms with Gasteiger partial charge in [-0.2, -0.15) is 0 Å². The van der Waals surface area contributed by atoms with Crippen LogP contribution in [0.15, 0.2) is 18.2 Å². The molecule has 1 aliphatic rings. The molecule has 2 amide bonds. The third kappa shape index (κ3) is 7.67. The molecule has 6 heteroatoms. The van der Waals surface area contributed by atoms with E-state index in [1.807, 2.05) is 25.1 Å². The quantitative estimate of drug-likeness (QED) is 0.614. The summed E-state index contributed by atoms with van der Waals surface area (Å²) in [6.45, 7) is 9.62. The van der Waals surface area contributed by atoms with Gasteiger partial charge in [0, 0.05) is 13.1 Å². The van der Waals surface area contributed by atoms with Crippen LogP contribution in [0, 0.1) is 5.92 Å². The lowest BCUT2D eigenvalue weighted by molar-refractivity contribution is 0.189. The molecule has 1 aromatic carbocycles. The smallest absolute Gasteiger partial charge is 0.315 e. The average molecular weight is 378 g/mol. The van der Waals surface area contributed by atoms with Crippen LogP contribution in [0.4, 0.5) is 4.79 Å². The van der Waals surface area contributed by atoms with Gasteiger partial charge < -0.3 is 25.0 Å². The second kappa shape index (κ2) is 11.7. The van der Waals surface area contributed by atoms with Crippen molar-refractivity contribution in [3.63, 3.8) is 0 Å². The van der Waals surface area contributed by atoms with Gasteiger partial charge in [0.15, 0.2) is 11.5 Å². The van der Waals surface area contributed by atoms with Gasteiger partial charge in [0.05, 0.1) is 13.7 Å². The summed E-state index contributed by atoms with van der Waals surface area (Å²) >= 11 is 0. The number of unbranched alkanes of at least 4 members (excludes halogenated alkanes) is 1. The van der Waals surface area contributed by atoms with Gasteiger partial charge in [-0.1, -0.05) is 13.0 Å². The predicted molar refractivity (Wildman–Crippen MR) is 108 cm³/mol. The van der Waals surface area contributed by atoms with E-state index >= 15 is 0 Å². The monoisotopic (exact) mass is 377 g/mol. The van der Waals surface area contributed by atoms with E-state index in [9.17, 15) is 4.79 Å². The van der Waals surface area contributed by atoms with E-state index in [0.29, 0.717) is 25.4 Å². The van der Waals surface area contributed by atoms with E-state index in [0.717, 1.165) is 36.6 Å². The molecule has 2 rings (SSSR count). The van der Waals surface area contributed by atoms with Gasteiger partial charge in [0.2, 0.25) is 0 Å². The molecule has 27 heavy (non-hydrogen) atoms. The molecular formula is C21H35N3O3. The Morgan fingerprint density at radius 2 is 1.96 bits per heavy atom. The van der Waals surface area contributed by atoms with Crippen molar-refractivity contribution in [3.8, 4) is 11.5 Å². The number of piperidine rings is 1. The zero-order valence-electron chi connectivity index (χ0n) is 17.1. The first-order valence-corrected chi connectivity index (χ1v) is 10.2. The number of urea groups is 1. The minimum absolute atomic E-state index is 0.130.